The van der Waals surface area contributed by atoms with Gasteiger partial charge in [0.1, 0.15) is 0 Å². The lowest BCUT2D eigenvalue weighted by Gasteiger charge is -2.32. The van der Waals surface area contributed by atoms with Crippen LogP contribution in [0.1, 0.15) is 39.0 Å². The number of aromatic nitrogens is 2. The molecule has 1 saturated heterocycles. The fourth-order valence-corrected chi connectivity index (χ4v) is 2.75. The number of rotatable bonds is 3. The quantitative estimate of drug-likeness (QED) is 0.872. The molecule has 4 nitrogen and oxygen atoms in total. The van der Waals surface area contributed by atoms with Crippen LogP contribution < -0.4 is 10.6 Å². The van der Waals surface area contributed by atoms with E-state index in [4.69, 9.17) is 5.73 Å². The summed E-state index contributed by atoms with van der Waals surface area (Å²) in [4.78, 5) is 6.94. The third-order valence-corrected chi connectivity index (χ3v) is 3.57. The molecule has 2 N–H and O–H groups in total. The van der Waals surface area contributed by atoms with Crippen molar-refractivity contribution in [2.75, 3.05) is 11.4 Å². The maximum atomic E-state index is 5.97. The van der Waals surface area contributed by atoms with Gasteiger partial charge < -0.3 is 15.2 Å². The summed E-state index contributed by atoms with van der Waals surface area (Å²) in [5, 5.41) is 0. The molecule has 1 aliphatic heterocycles. The monoisotopic (exact) mass is 236 g/mol. The molecule has 1 aromatic heterocycles. The van der Waals surface area contributed by atoms with Crippen molar-refractivity contribution in [1.82, 2.24) is 9.55 Å². The Labute approximate surface area is 104 Å². The van der Waals surface area contributed by atoms with Crippen molar-refractivity contribution >= 4 is 5.95 Å². The summed E-state index contributed by atoms with van der Waals surface area (Å²) in [6.45, 7) is 3.21. The first-order valence-electron chi connectivity index (χ1n) is 6.68. The van der Waals surface area contributed by atoms with E-state index >= 15 is 0 Å². The molecular weight excluding hydrogens is 212 g/mol. The lowest BCUT2D eigenvalue weighted by atomic mass is 10.0. The van der Waals surface area contributed by atoms with Gasteiger partial charge in [-0.2, -0.15) is 0 Å². The fraction of sp³-hybridized carbons (Fsp3) is 0.769. The number of hydrogen-bond donors (Lipinski definition) is 1. The van der Waals surface area contributed by atoms with E-state index in [1.54, 1.807) is 0 Å². The van der Waals surface area contributed by atoms with Gasteiger partial charge in [-0.3, -0.25) is 0 Å². The van der Waals surface area contributed by atoms with Crippen LogP contribution in [0.15, 0.2) is 12.4 Å². The zero-order valence-corrected chi connectivity index (χ0v) is 11.0. The molecule has 1 aromatic rings. The highest BCUT2D eigenvalue weighted by Crippen LogP contribution is 2.24. The zero-order chi connectivity index (χ0) is 12.3. The van der Waals surface area contributed by atoms with E-state index < -0.39 is 0 Å². The second-order valence-corrected chi connectivity index (χ2v) is 5.25. The second kappa shape index (κ2) is 5.54. The summed E-state index contributed by atoms with van der Waals surface area (Å²) in [6.07, 6.45) is 10.1. The van der Waals surface area contributed by atoms with Gasteiger partial charge in [-0.05, 0) is 26.2 Å². The molecule has 2 atom stereocenters. The molecule has 0 radical (unpaired) electrons. The van der Waals surface area contributed by atoms with Crippen molar-refractivity contribution < 1.29 is 0 Å². The molecule has 1 fully saturated rings. The molecule has 96 valence electrons. The highest BCUT2D eigenvalue weighted by Gasteiger charge is 2.24. The van der Waals surface area contributed by atoms with E-state index in [9.17, 15) is 0 Å². The van der Waals surface area contributed by atoms with Crippen molar-refractivity contribution in [1.29, 1.82) is 0 Å². The maximum Gasteiger partial charge on any atom is 0.205 e. The summed E-state index contributed by atoms with van der Waals surface area (Å²) in [5.74, 6) is 1.09. The summed E-state index contributed by atoms with van der Waals surface area (Å²) in [5.41, 5.74) is 5.97. The Morgan fingerprint density at radius 3 is 2.94 bits per heavy atom. The number of hydrogen-bond acceptors (Lipinski definition) is 3. The van der Waals surface area contributed by atoms with Crippen molar-refractivity contribution in [2.24, 2.45) is 12.8 Å². The first-order valence-corrected chi connectivity index (χ1v) is 6.68. The summed E-state index contributed by atoms with van der Waals surface area (Å²) < 4.78 is 2.11. The molecule has 0 amide bonds. The molecule has 2 rings (SSSR count). The van der Waals surface area contributed by atoms with Gasteiger partial charge in [-0.15, -0.1) is 0 Å². The Kier molecular flexibility index (Phi) is 4.05. The molecule has 1 aliphatic rings. The first-order chi connectivity index (χ1) is 8.18. The van der Waals surface area contributed by atoms with Gasteiger partial charge in [0.25, 0.3) is 0 Å². The van der Waals surface area contributed by atoms with Crippen LogP contribution in [0.2, 0.25) is 0 Å². The maximum absolute atomic E-state index is 5.97. The molecular formula is C13H24N4. The van der Waals surface area contributed by atoms with Crippen LogP contribution in [-0.2, 0) is 7.05 Å². The minimum Gasteiger partial charge on any atom is -0.339 e. The van der Waals surface area contributed by atoms with Gasteiger partial charge in [0, 0.05) is 38.1 Å². The van der Waals surface area contributed by atoms with Crippen LogP contribution in [0, 0.1) is 0 Å². The fourth-order valence-electron chi connectivity index (χ4n) is 2.75. The van der Waals surface area contributed by atoms with E-state index in [2.05, 4.69) is 28.4 Å². The molecule has 4 heteroatoms. The van der Waals surface area contributed by atoms with Gasteiger partial charge in [-0.1, -0.05) is 12.8 Å². The topological polar surface area (TPSA) is 47.1 Å². The summed E-state index contributed by atoms with van der Waals surface area (Å²) in [6, 6.07) is 0.819. The number of anilines is 1. The van der Waals surface area contributed by atoms with Gasteiger partial charge in [0.05, 0.1) is 0 Å². The minimum absolute atomic E-state index is 0.265. The van der Waals surface area contributed by atoms with Crippen molar-refractivity contribution in [3.05, 3.63) is 12.4 Å². The summed E-state index contributed by atoms with van der Waals surface area (Å²) >= 11 is 0. The highest BCUT2D eigenvalue weighted by atomic mass is 15.3. The number of imidazole rings is 1. The first kappa shape index (κ1) is 12.4. The lowest BCUT2D eigenvalue weighted by molar-refractivity contribution is 0.483. The SMILES string of the molecule is CC(N)CC1CCCCCN1c1nccn1C. The second-order valence-electron chi connectivity index (χ2n) is 5.25. The molecule has 2 heterocycles. The van der Waals surface area contributed by atoms with E-state index in [0.29, 0.717) is 6.04 Å². The van der Waals surface area contributed by atoms with Crippen LogP contribution in [0.4, 0.5) is 5.95 Å². The molecule has 17 heavy (non-hydrogen) atoms. The third kappa shape index (κ3) is 3.00. The predicted octanol–water partition coefficient (Wildman–Crippen LogP) is 1.91. The molecule has 0 spiro atoms. The van der Waals surface area contributed by atoms with E-state index in [1.165, 1.54) is 25.7 Å². The third-order valence-electron chi connectivity index (χ3n) is 3.57. The normalized spacial score (nSPS) is 23.5. The smallest absolute Gasteiger partial charge is 0.205 e. The van der Waals surface area contributed by atoms with Crippen LogP contribution in [0.25, 0.3) is 0 Å². The van der Waals surface area contributed by atoms with E-state index in [1.807, 2.05) is 12.4 Å². The summed E-state index contributed by atoms with van der Waals surface area (Å²) in [7, 11) is 2.07. The van der Waals surface area contributed by atoms with Crippen molar-refractivity contribution in [2.45, 2.75) is 51.1 Å². The average molecular weight is 236 g/mol. The standard InChI is InChI=1S/C13H24N4/c1-11(14)10-12-6-4-3-5-8-17(12)13-15-7-9-16(13)2/h7,9,11-12H,3-6,8,10,14H2,1-2H3. The number of nitrogens with zero attached hydrogens (tertiary/aromatic N) is 3. The van der Waals surface area contributed by atoms with Gasteiger partial charge in [0.15, 0.2) is 0 Å². The zero-order valence-electron chi connectivity index (χ0n) is 11.0. The minimum atomic E-state index is 0.265. The van der Waals surface area contributed by atoms with Crippen LogP contribution in [-0.4, -0.2) is 28.2 Å². The van der Waals surface area contributed by atoms with Crippen LogP contribution in [0.5, 0.6) is 0 Å². The Morgan fingerprint density at radius 2 is 2.29 bits per heavy atom. The van der Waals surface area contributed by atoms with Crippen LogP contribution in [0.3, 0.4) is 0 Å². The predicted molar refractivity (Wildman–Crippen MR) is 71.1 cm³/mol. The van der Waals surface area contributed by atoms with Gasteiger partial charge >= 0.3 is 0 Å². The lowest BCUT2D eigenvalue weighted by Crippen LogP contribution is -2.40. The largest absolute Gasteiger partial charge is 0.339 e. The molecule has 0 aliphatic carbocycles. The van der Waals surface area contributed by atoms with E-state index in [-0.39, 0.29) is 6.04 Å². The Morgan fingerprint density at radius 1 is 1.47 bits per heavy atom. The Hall–Kier alpha value is -1.03. The van der Waals surface area contributed by atoms with E-state index in [0.717, 1.165) is 18.9 Å². The number of nitrogens with two attached hydrogens (primary N) is 1. The number of aryl methyl sites for hydroxylation is 1. The Balaban J connectivity index is 2.17. The van der Waals surface area contributed by atoms with Gasteiger partial charge in [0.2, 0.25) is 5.95 Å². The molecule has 0 saturated carbocycles. The van der Waals surface area contributed by atoms with Crippen LogP contribution >= 0.6 is 0 Å². The van der Waals surface area contributed by atoms with Crippen molar-refractivity contribution in [3.8, 4) is 0 Å². The average Bonchev–Trinajstić information content (AvgIpc) is 2.56. The molecule has 0 aromatic carbocycles. The van der Waals surface area contributed by atoms with Crippen molar-refractivity contribution in [3.63, 3.8) is 0 Å². The molecule has 2 unspecified atom stereocenters. The highest BCUT2D eigenvalue weighted by molar-refractivity contribution is 5.33. The van der Waals surface area contributed by atoms with Gasteiger partial charge in [-0.25, -0.2) is 4.98 Å². The molecule has 0 bridgehead atoms. The Bertz CT molecular complexity index is 345.